The van der Waals surface area contributed by atoms with Crippen molar-refractivity contribution in [3.63, 3.8) is 0 Å². The normalized spacial score (nSPS) is 17.6. The van der Waals surface area contributed by atoms with Gasteiger partial charge >= 0.3 is 0 Å². The van der Waals surface area contributed by atoms with Gasteiger partial charge in [-0.1, -0.05) is 6.07 Å². The van der Waals surface area contributed by atoms with E-state index in [0.717, 1.165) is 23.3 Å². The van der Waals surface area contributed by atoms with Crippen molar-refractivity contribution in [3.8, 4) is 0 Å². The average Bonchev–Trinajstić information content (AvgIpc) is 3.42. The fraction of sp³-hybridized carbons (Fsp3) is 0.429. The van der Waals surface area contributed by atoms with Crippen LogP contribution in [0, 0.1) is 0 Å². The van der Waals surface area contributed by atoms with E-state index >= 15 is 0 Å². The van der Waals surface area contributed by atoms with Crippen LogP contribution in [0.15, 0.2) is 40.6 Å². The number of anilines is 1. The zero-order chi connectivity index (χ0) is 21.1. The third kappa shape index (κ3) is 4.43. The summed E-state index contributed by atoms with van der Waals surface area (Å²) >= 11 is 1.56. The van der Waals surface area contributed by atoms with Crippen LogP contribution in [0.1, 0.15) is 36.1 Å². The van der Waals surface area contributed by atoms with Crippen molar-refractivity contribution >= 4 is 38.9 Å². The van der Waals surface area contributed by atoms with Crippen molar-refractivity contribution in [3.05, 3.63) is 46.2 Å². The molecule has 2 aliphatic heterocycles. The van der Waals surface area contributed by atoms with Crippen molar-refractivity contribution < 1.29 is 18.0 Å². The Balaban J connectivity index is 1.54. The summed E-state index contributed by atoms with van der Waals surface area (Å²) in [7, 11) is -3.52. The Morgan fingerprint density at radius 1 is 1.10 bits per heavy atom. The summed E-state index contributed by atoms with van der Waals surface area (Å²) in [5, 5.41) is 4.80. The summed E-state index contributed by atoms with van der Waals surface area (Å²) in [6.07, 6.45) is 3.34. The molecule has 2 aliphatic rings. The van der Waals surface area contributed by atoms with E-state index in [-0.39, 0.29) is 23.3 Å². The van der Waals surface area contributed by atoms with E-state index in [9.17, 15) is 18.0 Å². The van der Waals surface area contributed by atoms with Gasteiger partial charge in [0.15, 0.2) is 0 Å². The van der Waals surface area contributed by atoms with E-state index in [1.54, 1.807) is 29.5 Å². The summed E-state index contributed by atoms with van der Waals surface area (Å²) in [4.78, 5) is 27.9. The highest BCUT2D eigenvalue weighted by Gasteiger charge is 2.30. The van der Waals surface area contributed by atoms with E-state index in [4.69, 9.17) is 0 Å². The van der Waals surface area contributed by atoms with Crippen molar-refractivity contribution in [1.29, 1.82) is 0 Å². The summed E-state index contributed by atoms with van der Waals surface area (Å²) < 4.78 is 27.3. The second kappa shape index (κ2) is 8.87. The largest absolute Gasteiger partial charge is 0.350 e. The number of fused-ring (bicyclic) bond motifs is 1. The van der Waals surface area contributed by atoms with Crippen LogP contribution in [0.5, 0.6) is 0 Å². The predicted octanol–water partition coefficient (Wildman–Crippen LogP) is 2.52. The lowest BCUT2D eigenvalue weighted by Gasteiger charge is -2.23. The minimum absolute atomic E-state index is 0.0740. The van der Waals surface area contributed by atoms with E-state index < -0.39 is 10.0 Å². The second-order valence-corrected chi connectivity index (χ2v) is 10.6. The van der Waals surface area contributed by atoms with Gasteiger partial charge in [0.25, 0.3) is 0 Å². The number of carbonyl (C=O) groups is 2. The molecule has 1 aromatic carbocycles. The molecule has 0 saturated carbocycles. The van der Waals surface area contributed by atoms with Crippen LogP contribution < -0.4 is 10.2 Å². The number of hydrogen-bond donors (Lipinski definition) is 1. The minimum Gasteiger partial charge on any atom is -0.350 e. The van der Waals surface area contributed by atoms with Gasteiger partial charge in [-0.3, -0.25) is 9.59 Å². The van der Waals surface area contributed by atoms with Gasteiger partial charge in [0.1, 0.15) is 6.54 Å². The average molecular weight is 448 g/mol. The monoisotopic (exact) mass is 447 g/mol. The fourth-order valence-electron chi connectivity index (χ4n) is 3.93. The van der Waals surface area contributed by atoms with Crippen LogP contribution in [-0.4, -0.2) is 44.2 Å². The standard InChI is InChI=1S/C21H25N3O4S2/c25-20(22-14-17-6-4-12-29-17)15-24-19-9-8-18(13-16(19)5-3-7-21(24)26)30(27,28)23-10-1-2-11-23/h4,6,8-9,12-13H,1-3,5,7,10-11,14-15H2,(H,22,25). The highest BCUT2D eigenvalue weighted by Crippen LogP contribution is 2.31. The molecule has 3 heterocycles. The van der Waals surface area contributed by atoms with Gasteiger partial charge < -0.3 is 10.2 Å². The molecule has 160 valence electrons. The zero-order valence-electron chi connectivity index (χ0n) is 16.7. The number of benzene rings is 1. The molecule has 7 nitrogen and oxygen atoms in total. The molecule has 2 aromatic rings. The molecule has 1 N–H and O–H groups in total. The van der Waals surface area contributed by atoms with Crippen molar-refractivity contribution in [1.82, 2.24) is 9.62 Å². The Kier molecular flexibility index (Phi) is 6.21. The van der Waals surface area contributed by atoms with Crippen LogP contribution in [0.3, 0.4) is 0 Å². The van der Waals surface area contributed by atoms with Crippen molar-refractivity contribution in [2.24, 2.45) is 0 Å². The van der Waals surface area contributed by atoms with Gasteiger partial charge in [-0.25, -0.2) is 8.42 Å². The lowest BCUT2D eigenvalue weighted by molar-refractivity contribution is -0.123. The first-order valence-corrected chi connectivity index (χ1v) is 12.5. The Morgan fingerprint density at radius 2 is 1.90 bits per heavy atom. The van der Waals surface area contributed by atoms with Gasteiger partial charge in [-0.2, -0.15) is 4.31 Å². The SMILES string of the molecule is O=C(CN1C(=O)CCCc2cc(S(=O)(=O)N3CCCC3)ccc21)NCc1cccs1. The zero-order valence-corrected chi connectivity index (χ0v) is 18.3. The molecule has 30 heavy (non-hydrogen) atoms. The number of nitrogens with zero attached hydrogens (tertiary/aromatic N) is 2. The van der Waals surface area contributed by atoms with Gasteiger partial charge in [0.2, 0.25) is 21.8 Å². The Bertz CT molecular complexity index is 1030. The molecule has 1 aromatic heterocycles. The smallest absolute Gasteiger partial charge is 0.243 e. The molecule has 4 rings (SSSR count). The van der Waals surface area contributed by atoms with Gasteiger partial charge in [-0.15, -0.1) is 11.3 Å². The summed E-state index contributed by atoms with van der Waals surface area (Å²) in [6.45, 7) is 1.46. The van der Waals surface area contributed by atoms with Gasteiger partial charge in [-0.05, 0) is 60.9 Å². The molecule has 0 spiro atoms. The third-order valence-corrected chi connectivity index (χ3v) is 8.30. The van der Waals surface area contributed by atoms with E-state index in [1.165, 1.54) is 9.21 Å². The number of hydrogen-bond acceptors (Lipinski definition) is 5. The molecule has 9 heteroatoms. The number of sulfonamides is 1. The molecular weight excluding hydrogens is 422 g/mol. The quantitative estimate of drug-likeness (QED) is 0.737. The molecule has 0 bridgehead atoms. The first-order chi connectivity index (χ1) is 14.4. The second-order valence-electron chi connectivity index (χ2n) is 7.59. The highest BCUT2D eigenvalue weighted by atomic mass is 32.2. The number of rotatable bonds is 6. The summed E-state index contributed by atoms with van der Waals surface area (Å²) in [5.74, 6) is -0.353. The lowest BCUT2D eigenvalue weighted by Crippen LogP contribution is -2.40. The van der Waals surface area contributed by atoms with Crippen molar-refractivity contribution in [2.45, 2.75) is 43.5 Å². The van der Waals surface area contributed by atoms with Gasteiger partial charge in [0.05, 0.1) is 11.4 Å². The topological polar surface area (TPSA) is 86.8 Å². The van der Waals surface area contributed by atoms with Crippen LogP contribution in [-0.2, 0) is 32.6 Å². The molecule has 1 saturated heterocycles. The molecular formula is C21H25N3O4S2. The summed E-state index contributed by atoms with van der Waals surface area (Å²) in [6, 6.07) is 8.78. The van der Waals surface area contributed by atoms with Crippen LogP contribution in [0.4, 0.5) is 5.69 Å². The first-order valence-electron chi connectivity index (χ1n) is 10.2. The lowest BCUT2D eigenvalue weighted by atomic mass is 10.1. The number of nitrogens with one attached hydrogen (secondary N) is 1. The Morgan fingerprint density at radius 3 is 2.63 bits per heavy atom. The van der Waals surface area contributed by atoms with Crippen LogP contribution >= 0.6 is 11.3 Å². The summed E-state index contributed by atoms with van der Waals surface area (Å²) in [5.41, 5.74) is 1.43. The highest BCUT2D eigenvalue weighted by molar-refractivity contribution is 7.89. The number of thiophene rings is 1. The van der Waals surface area contributed by atoms with Crippen molar-refractivity contribution in [2.75, 3.05) is 24.5 Å². The van der Waals surface area contributed by atoms with Crippen LogP contribution in [0.2, 0.25) is 0 Å². The number of carbonyl (C=O) groups excluding carboxylic acids is 2. The molecule has 0 unspecified atom stereocenters. The predicted molar refractivity (Wildman–Crippen MR) is 116 cm³/mol. The molecule has 0 aliphatic carbocycles. The molecule has 0 radical (unpaired) electrons. The van der Waals surface area contributed by atoms with E-state index in [1.807, 2.05) is 17.5 Å². The molecule has 2 amide bonds. The maximum absolute atomic E-state index is 12.9. The third-order valence-electron chi connectivity index (χ3n) is 5.52. The van der Waals surface area contributed by atoms with Gasteiger partial charge in [0, 0.05) is 30.1 Å². The maximum Gasteiger partial charge on any atom is 0.243 e. The maximum atomic E-state index is 12.9. The Labute approximate surface area is 180 Å². The van der Waals surface area contributed by atoms with E-state index in [2.05, 4.69) is 5.32 Å². The first kappa shape index (κ1) is 21.0. The number of amides is 2. The molecule has 1 fully saturated rings. The molecule has 0 atom stereocenters. The van der Waals surface area contributed by atoms with E-state index in [0.29, 0.717) is 44.6 Å². The minimum atomic E-state index is -3.52. The fourth-order valence-corrected chi connectivity index (χ4v) is 6.15. The number of aryl methyl sites for hydroxylation is 1. The van der Waals surface area contributed by atoms with Crippen LogP contribution in [0.25, 0.3) is 0 Å². The Hall–Kier alpha value is -2.23.